The molecule has 0 aromatic heterocycles. The molecule has 1 N–H and O–H groups in total. The highest BCUT2D eigenvalue weighted by Gasteiger charge is 2.54. The minimum atomic E-state index is -2.03. The van der Waals surface area contributed by atoms with E-state index in [1.807, 2.05) is 0 Å². The van der Waals surface area contributed by atoms with Gasteiger partial charge in [0.15, 0.2) is 30.8 Å². The lowest BCUT2D eigenvalue weighted by atomic mass is 9.95. The van der Waals surface area contributed by atoms with E-state index in [0.717, 1.165) is 27.7 Å². The molecular formula is C15H21FO10. The first-order valence-electron chi connectivity index (χ1n) is 7.65. The van der Waals surface area contributed by atoms with Crippen LogP contribution >= 0.6 is 0 Å². The lowest BCUT2D eigenvalue weighted by molar-refractivity contribution is -0.301. The summed E-state index contributed by atoms with van der Waals surface area (Å²) in [6.07, 6.45) is -10.2. The SMILES string of the molecule is CC(=O)OCC(F)[C@H]1OC(O)[C@@H](OC(C)=O)[C@@H](OC(C)=O)[C@@H]1OC(C)=O. The monoisotopic (exact) mass is 380 g/mol. The van der Waals surface area contributed by atoms with E-state index < -0.39 is 67.4 Å². The van der Waals surface area contributed by atoms with Crippen LogP contribution in [0.25, 0.3) is 0 Å². The number of hydrogen-bond acceptors (Lipinski definition) is 10. The van der Waals surface area contributed by atoms with Crippen LogP contribution in [-0.4, -0.2) is 72.5 Å². The van der Waals surface area contributed by atoms with Crippen molar-refractivity contribution in [2.75, 3.05) is 6.61 Å². The van der Waals surface area contributed by atoms with Gasteiger partial charge in [-0.05, 0) is 0 Å². The fourth-order valence-corrected chi connectivity index (χ4v) is 2.40. The van der Waals surface area contributed by atoms with Crippen molar-refractivity contribution < 1.29 is 52.4 Å². The first-order valence-corrected chi connectivity index (χ1v) is 7.65. The molecular weight excluding hydrogens is 359 g/mol. The molecule has 0 spiro atoms. The van der Waals surface area contributed by atoms with Gasteiger partial charge in [0, 0.05) is 27.7 Å². The average molecular weight is 380 g/mol. The van der Waals surface area contributed by atoms with E-state index >= 15 is 0 Å². The number of halogens is 1. The number of rotatable bonds is 6. The molecule has 6 atom stereocenters. The molecule has 1 fully saturated rings. The summed E-state index contributed by atoms with van der Waals surface area (Å²) in [4.78, 5) is 44.9. The number of carbonyl (C=O) groups excluding carboxylic acids is 4. The number of aliphatic hydroxyl groups is 1. The Morgan fingerprint density at radius 3 is 1.81 bits per heavy atom. The van der Waals surface area contributed by atoms with E-state index in [0.29, 0.717) is 0 Å². The molecule has 0 saturated carbocycles. The standard InChI is InChI=1S/C15H21FO10/c1-6(17)22-5-10(16)11-12(23-7(2)18)13(24-8(3)19)14(15(21)26-11)25-9(4)20/h10-15,21H,5H2,1-4H3/t10?,11-,12-,13+,14+,15?/m1/s1. The quantitative estimate of drug-likeness (QED) is 0.470. The van der Waals surface area contributed by atoms with Gasteiger partial charge >= 0.3 is 23.9 Å². The molecule has 0 bridgehead atoms. The average Bonchev–Trinajstić information content (AvgIpc) is 2.49. The number of aliphatic hydroxyl groups excluding tert-OH is 1. The molecule has 2 unspecified atom stereocenters. The van der Waals surface area contributed by atoms with Gasteiger partial charge in [0.25, 0.3) is 0 Å². The molecule has 148 valence electrons. The van der Waals surface area contributed by atoms with Crippen LogP contribution in [0.4, 0.5) is 4.39 Å². The molecule has 0 aromatic rings. The Hall–Kier alpha value is -2.27. The summed E-state index contributed by atoms with van der Waals surface area (Å²) in [5, 5.41) is 10.0. The largest absolute Gasteiger partial charge is 0.463 e. The summed E-state index contributed by atoms with van der Waals surface area (Å²) in [7, 11) is 0. The van der Waals surface area contributed by atoms with Crippen LogP contribution in [0.3, 0.4) is 0 Å². The third-order valence-corrected chi connectivity index (χ3v) is 3.26. The predicted octanol–water partition coefficient (Wildman–Crippen LogP) is -0.600. The van der Waals surface area contributed by atoms with Gasteiger partial charge in [-0.2, -0.15) is 0 Å². The maximum Gasteiger partial charge on any atom is 0.303 e. The van der Waals surface area contributed by atoms with Crippen LogP contribution in [-0.2, 0) is 42.9 Å². The maximum absolute atomic E-state index is 14.5. The van der Waals surface area contributed by atoms with E-state index in [1.54, 1.807) is 0 Å². The predicted molar refractivity (Wildman–Crippen MR) is 79.1 cm³/mol. The van der Waals surface area contributed by atoms with Crippen molar-refractivity contribution in [3.8, 4) is 0 Å². The molecule has 0 aromatic carbocycles. The van der Waals surface area contributed by atoms with Gasteiger partial charge in [-0.15, -0.1) is 0 Å². The van der Waals surface area contributed by atoms with Crippen molar-refractivity contribution in [1.29, 1.82) is 0 Å². The molecule has 1 aliphatic heterocycles. The van der Waals surface area contributed by atoms with Crippen molar-refractivity contribution in [2.24, 2.45) is 0 Å². The van der Waals surface area contributed by atoms with Gasteiger partial charge in [-0.1, -0.05) is 0 Å². The van der Waals surface area contributed by atoms with E-state index in [2.05, 4.69) is 4.74 Å². The summed E-state index contributed by atoms with van der Waals surface area (Å²) >= 11 is 0. The molecule has 1 heterocycles. The Morgan fingerprint density at radius 2 is 1.35 bits per heavy atom. The van der Waals surface area contributed by atoms with Crippen LogP contribution < -0.4 is 0 Å². The highest BCUT2D eigenvalue weighted by atomic mass is 19.1. The minimum absolute atomic E-state index is 0.754. The van der Waals surface area contributed by atoms with Crippen LogP contribution in [0.2, 0.25) is 0 Å². The van der Waals surface area contributed by atoms with Crippen molar-refractivity contribution in [3.05, 3.63) is 0 Å². The van der Waals surface area contributed by atoms with Gasteiger partial charge < -0.3 is 28.8 Å². The zero-order valence-corrected chi connectivity index (χ0v) is 14.7. The first kappa shape index (κ1) is 21.8. The molecule has 1 rings (SSSR count). The number of ether oxygens (including phenoxy) is 5. The molecule has 26 heavy (non-hydrogen) atoms. The number of carbonyl (C=O) groups is 4. The summed E-state index contributed by atoms with van der Waals surface area (Å²) in [5.41, 5.74) is 0. The molecule has 1 saturated heterocycles. The summed E-state index contributed by atoms with van der Waals surface area (Å²) in [6, 6.07) is 0. The Labute approximate surface area is 148 Å². The number of alkyl halides is 1. The topological polar surface area (TPSA) is 135 Å². The summed E-state index contributed by atoms with van der Waals surface area (Å²) in [5.74, 6) is -3.32. The van der Waals surface area contributed by atoms with E-state index in [4.69, 9.17) is 18.9 Å². The fraction of sp³-hybridized carbons (Fsp3) is 0.733. The van der Waals surface area contributed by atoms with Crippen LogP contribution in [0.1, 0.15) is 27.7 Å². The van der Waals surface area contributed by atoms with Crippen LogP contribution in [0, 0.1) is 0 Å². The minimum Gasteiger partial charge on any atom is -0.463 e. The molecule has 10 nitrogen and oxygen atoms in total. The van der Waals surface area contributed by atoms with E-state index in [9.17, 15) is 28.7 Å². The smallest absolute Gasteiger partial charge is 0.303 e. The lowest BCUT2D eigenvalue weighted by Gasteiger charge is -2.43. The third kappa shape index (κ3) is 6.23. The Bertz CT molecular complexity index is 551. The van der Waals surface area contributed by atoms with Crippen molar-refractivity contribution in [3.63, 3.8) is 0 Å². The van der Waals surface area contributed by atoms with Crippen molar-refractivity contribution in [1.82, 2.24) is 0 Å². The van der Waals surface area contributed by atoms with Crippen molar-refractivity contribution >= 4 is 23.9 Å². The second-order valence-electron chi connectivity index (χ2n) is 5.53. The first-order chi connectivity index (χ1) is 12.0. The Morgan fingerprint density at radius 1 is 0.885 bits per heavy atom. The second kappa shape index (κ2) is 9.43. The lowest BCUT2D eigenvalue weighted by Crippen LogP contribution is -2.63. The van der Waals surface area contributed by atoms with Gasteiger partial charge in [0.05, 0.1) is 0 Å². The fourth-order valence-electron chi connectivity index (χ4n) is 2.40. The van der Waals surface area contributed by atoms with Gasteiger partial charge in [0.1, 0.15) is 12.7 Å². The number of hydrogen-bond donors (Lipinski definition) is 1. The van der Waals surface area contributed by atoms with E-state index in [-0.39, 0.29) is 0 Å². The summed E-state index contributed by atoms with van der Waals surface area (Å²) in [6.45, 7) is 3.38. The highest BCUT2D eigenvalue weighted by molar-refractivity contribution is 5.68. The Kier molecular flexibility index (Phi) is 7.90. The van der Waals surface area contributed by atoms with Gasteiger partial charge in [-0.25, -0.2) is 4.39 Å². The van der Waals surface area contributed by atoms with E-state index in [1.165, 1.54) is 0 Å². The normalized spacial score (nSPS) is 29.2. The number of esters is 4. The Balaban J connectivity index is 3.16. The van der Waals surface area contributed by atoms with Crippen LogP contribution in [0.15, 0.2) is 0 Å². The maximum atomic E-state index is 14.5. The van der Waals surface area contributed by atoms with Crippen molar-refractivity contribution in [2.45, 2.75) is 64.6 Å². The zero-order chi connectivity index (χ0) is 20.0. The zero-order valence-electron chi connectivity index (χ0n) is 14.7. The second-order valence-corrected chi connectivity index (χ2v) is 5.53. The molecule has 0 radical (unpaired) electrons. The molecule has 0 aliphatic carbocycles. The summed E-state index contributed by atoms with van der Waals surface area (Å²) < 4.78 is 38.9. The van der Waals surface area contributed by atoms with Gasteiger partial charge in [-0.3, -0.25) is 19.2 Å². The molecule has 11 heteroatoms. The van der Waals surface area contributed by atoms with Gasteiger partial charge in [0.2, 0.25) is 0 Å². The van der Waals surface area contributed by atoms with Crippen LogP contribution in [0.5, 0.6) is 0 Å². The molecule has 1 aliphatic rings. The molecule has 0 amide bonds. The third-order valence-electron chi connectivity index (χ3n) is 3.26. The highest BCUT2D eigenvalue weighted by Crippen LogP contribution is 2.30.